The Labute approximate surface area is 203 Å². The second-order valence-electron chi connectivity index (χ2n) is 7.42. The first-order valence-electron chi connectivity index (χ1n) is 10.2. The van der Waals surface area contributed by atoms with Crippen LogP contribution in [-0.4, -0.2) is 36.4 Å². The fourth-order valence-corrected chi connectivity index (χ4v) is 4.01. The second kappa shape index (κ2) is 10.2. The zero-order valence-corrected chi connectivity index (χ0v) is 18.9. The molecule has 1 amide bonds. The summed E-state index contributed by atoms with van der Waals surface area (Å²) in [5, 5.41) is 10.8. The maximum Gasteiger partial charge on any atom is 0.416 e. The minimum absolute atomic E-state index is 0.0134. The molecule has 4 aromatic rings. The lowest BCUT2D eigenvalue weighted by molar-refractivity contribution is -0.137. The number of rotatable bonds is 7. The van der Waals surface area contributed by atoms with Crippen LogP contribution in [0.5, 0.6) is 0 Å². The first-order chi connectivity index (χ1) is 17.1. The van der Waals surface area contributed by atoms with Crippen molar-refractivity contribution >= 4 is 23.4 Å². The molecule has 0 spiro atoms. The Bertz CT molecular complexity index is 1480. The van der Waals surface area contributed by atoms with E-state index in [0.29, 0.717) is 5.69 Å². The summed E-state index contributed by atoms with van der Waals surface area (Å²) < 4.78 is 53.7. The van der Waals surface area contributed by atoms with Crippen molar-refractivity contribution in [1.29, 1.82) is 0 Å². The van der Waals surface area contributed by atoms with Crippen LogP contribution in [0.25, 0.3) is 5.69 Å². The van der Waals surface area contributed by atoms with Gasteiger partial charge in [0.25, 0.3) is 5.56 Å². The lowest BCUT2D eigenvalue weighted by Gasteiger charge is -2.11. The molecule has 9 nitrogen and oxygen atoms in total. The summed E-state index contributed by atoms with van der Waals surface area (Å²) in [6.07, 6.45) is -4.56. The number of benzene rings is 2. The Morgan fingerprint density at radius 3 is 2.47 bits per heavy atom. The van der Waals surface area contributed by atoms with E-state index >= 15 is 0 Å². The van der Waals surface area contributed by atoms with Gasteiger partial charge in [0.2, 0.25) is 5.91 Å². The molecule has 3 N–H and O–H groups in total. The zero-order chi connectivity index (χ0) is 25.9. The molecule has 2 aromatic carbocycles. The molecule has 0 saturated carbocycles. The number of thioether (sulfide) groups is 1. The van der Waals surface area contributed by atoms with Crippen molar-refractivity contribution in [2.45, 2.75) is 17.8 Å². The third-order valence-corrected chi connectivity index (χ3v) is 5.68. The standard InChI is InChI=1S/C22H16F4N6O3S/c23-13-4-6-16(7-5-13)32-17(9-15-10-18(33)29-20(35)28-15)30-31-21(32)36-11-19(34)27-14-3-1-2-12(8-14)22(24,25)26/h1-8,10H,9,11H2,(H,27,34)(H2,28,29,33,35). The van der Waals surface area contributed by atoms with Crippen molar-refractivity contribution in [2.75, 3.05) is 11.1 Å². The van der Waals surface area contributed by atoms with E-state index in [1.807, 2.05) is 0 Å². The van der Waals surface area contributed by atoms with Gasteiger partial charge in [-0.2, -0.15) is 13.2 Å². The molecule has 4 rings (SSSR count). The summed E-state index contributed by atoms with van der Waals surface area (Å²) in [6.45, 7) is 0. The first-order valence-corrected chi connectivity index (χ1v) is 11.2. The van der Waals surface area contributed by atoms with Crippen molar-refractivity contribution in [3.63, 3.8) is 0 Å². The summed E-state index contributed by atoms with van der Waals surface area (Å²) in [5.41, 5.74) is -1.53. The molecule has 2 heterocycles. The molecule has 0 saturated heterocycles. The number of anilines is 1. The second-order valence-corrected chi connectivity index (χ2v) is 8.36. The van der Waals surface area contributed by atoms with Gasteiger partial charge in [0, 0.05) is 29.6 Å². The maximum atomic E-state index is 13.5. The predicted octanol–water partition coefficient (Wildman–Crippen LogP) is 3.12. The van der Waals surface area contributed by atoms with Gasteiger partial charge in [-0.05, 0) is 42.5 Å². The lowest BCUT2D eigenvalue weighted by Crippen LogP contribution is -2.23. The fraction of sp³-hybridized carbons (Fsp3) is 0.136. The van der Waals surface area contributed by atoms with Crippen LogP contribution < -0.4 is 16.6 Å². The van der Waals surface area contributed by atoms with Gasteiger partial charge in [-0.25, -0.2) is 9.18 Å². The molecule has 0 radical (unpaired) electrons. The highest BCUT2D eigenvalue weighted by Crippen LogP contribution is 2.31. The Morgan fingerprint density at radius 2 is 1.78 bits per heavy atom. The van der Waals surface area contributed by atoms with Gasteiger partial charge in [-0.15, -0.1) is 10.2 Å². The minimum Gasteiger partial charge on any atom is -0.325 e. The predicted molar refractivity (Wildman–Crippen MR) is 123 cm³/mol. The number of carbonyl (C=O) groups excluding carboxylic acids is 1. The molecule has 2 aromatic heterocycles. The molecule has 0 fully saturated rings. The number of aromatic amines is 2. The molecule has 14 heteroatoms. The highest BCUT2D eigenvalue weighted by molar-refractivity contribution is 7.99. The van der Waals surface area contributed by atoms with Crippen molar-refractivity contribution in [3.8, 4) is 5.69 Å². The number of aromatic nitrogens is 5. The Balaban J connectivity index is 1.56. The number of H-pyrrole nitrogens is 2. The third kappa shape index (κ3) is 6.07. The third-order valence-electron chi connectivity index (χ3n) is 4.76. The molecular formula is C22H16F4N6O3S. The topological polar surface area (TPSA) is 126 Å². The molecule has 0 aliphatic rings. The van der Waals surface area contributed by atoms with Crippen LogP contribution in [0.2, 0.25) is 0 Å². The van der Waals surface area contributed by atoms with Gasteiger partial charge in [0.05, 0.1) is 11.3 Å². The van der Waals surface area contributed by atoms with Gasteiger partial charge >= 0.3 is 11.9 Å². The van der Waals surface area contributed by atoms with Crippen molar-refractivity contribution in [2.24, 2.45) is 0 Å². The quantitative estimate of drug-likeness (QED) is 0.254. The van der Waals surface area contributed by atoms with Crippen molar-refractivity contribution in [1.82, 2.24) is 24.7 Å². The van der Waals surface area contributed by atoms with E-state index in [1.54, 1.807) is 0 Å². The van der Waals surface area contributed by atoms with Crippen LogP contribution >= 0.6 is 11.8 Å². The van der Waals surface area contributed by atoms with Gasteiger partial charge in [-0.3, -0.25) is 19.1 Å². The Hall–Kier alpha value is -4.20. The molecule has 0 aliphatic heterocycles. The normalized spacial score (nSPS) is 11.4. The summed E-state index contributed by atoms with van der Waals surface area (Å²) in [5.74, 6) is -1.02. The number of hydrogen-bond acceptors (Lipinski definition) is 6. The molecular weight excluding hydrogens is 504 g/mol. The van der Waals surface area contributed by atoms with Crippen LogP contribution in [-0.2, 0) is 17.4 Å². The fourth-order valence-electron chi connectivity index (χ4n) is 3.24. The maximum absolute atomic E-state index is 13.5. The number of amides is 1. The number of hydrogen-bond donors (Lipinski definition) is 3. The molecule has 0 bridgehead atoms. The van der Waals surface area contributed by atoms with Gasteiger partial charge < -0.3 is 10.3 Å². The van der Waals surface area contributed by atoms with Gasteiger partial charge in [0.15, 0.2) is 5.16 Å². The average molecular weight is 520 g/mol. The SMILES string of the molecule is O=C(CSc1nnc(Cc2cc(=O)[nH]c(=O)[nH]2)n1-c1ccc(F)cc1)Nc1cccc(C(F)(F)F)c1. The number of halogens is 4. The van der Waals surface area contributed by atoms with E-state index in [0.717, 1.165) is 23.9 Å². The average Bonchev–Trinajstić information content (AvgIpc) is 3.19. The van der Waals surface area contributed by atoms with Crippen molar-refractivity contribution < 1.29 is 22.4 Å². The largest absolute Gasteiger partial charge is 0.416 e. The van der Waals surface area contributed by atoms with Crippen LogP contribution in [0.15, 0.2) is 69.3 Å². The van der Waals surface area contributed by atoms with E-state index in [4.69, 9.17) is 0 Å². The highest BCUT2D eigenvalue weighted by atomic mass is 32.2. The number of carbonyl (C=O) groups is 1. The highest BCUT2D eigenvalue weighted by Gasteiger charge is 2.30. The Morgan fingerprint density at radius 1 is 1.03 bits per heavy atom. The monoisotopic (exact) mass is 520 g/mol. The molecule has 0 aliphatic carbocycles. The number of nitrogens with zero attached hydrogens (tertiary/aromatic N) is 3. The zero-order valence-electron chi connectivity index (χ0n) is 18.1. The van der Waals surface area contributed by atoms with Crippen LogP contribution in [0, 0.1) is 5.82 Å². The van der Waals surface area contributed by atoms with E-state index in [2.05, 4.69) is 25.5 Å². The first kappa shape index (κ1) is 24.9. The van der Waals surface area contributed by atoms with E-state index in [-0.39, 0.29) is 34.5 Å². The van der Waals surface area contributed by atoms with Crippen LogP contribution in [0.4, 0.5) is 23.2 Å². The van der Waals surface area contributed by atoms with E-state index in [9.17, 15) is 31.9 Å². The molecule has 0 atom stereocenters. The summed E-state index contributed by atoms with van der Waals surface area (Å²) >= 11 is 0.942. The number of alkyl halides is 3. The molecule has 36 heavy (non-hydrogen) atoms. The van der Waals surface area contributed by atoms with Crippen molar-refractivity contribution in [3.05, 3.63) is 98.3 Å². The summed E-state index contributed by atoms with van der Waals surface area (Å²) in [4.78, 5) is 40.2. The Kier molecular flexibility index (Phi) is 7.05. The van der Waals surface area contributed by atoms with E-state index in [1.165, 1.54) is 47.0 Å². The molecule has 186 valence electrons. The van der Waals surface area contributed by atoms with Crippen LogP contribution in [0.1, 0.15) is 17.1 Å². The molecule has 0 unspecified atom stereocenters. The van der Waals surface area contributed by atoms with Gasteiger partial charge in [0.1, 0.15) is 11.6 Å². The van der Waals surface area contributed by atoms with Gasteiger partial charge in [-0.1, -0.05) is 17.8 Å². The lowest BCUT2D eigenvalue weighted by atomic mass is 10.2. The summed E-state index contributed by atoms with van der Waals surface area (Å²) in [6, 6.07) is 10.7. The smallest absolute Gasteiger partial charge is 0.325 e. The van der Waals surface area contributed by atoms with Crippen LogP contribution in [0.3, 0.4) is 0 Å². The number of nitrogens with one attached hydrogen (secondary N) is 3. The minimum atomic E-state index is -4.55. The van der Waals surface area contributed by atoms with E-state index < -0.39 is 34.7 Å². The summed E-state index contributed by atoms with van der Waals surface area (Å²) in [7, 11) is 0.